The summed E-state index contributed by atoms with van der Waals surface area (Å²) in [5, 5.41) is 0. The molecule has 0 radical (unpaired) electrons. The SMILES string of the molecule is CN1CCC(Oc2cc(B3OC(C)(C)C(C)(C)O3)ccn2)CC1. The summed E-state index contributed by atoms with van der Waals surface area (Å²) in [4.78, 5) is 6.68. The van der Waals surface area contributed by atoms with Gasteiger partial charge in [-0.3, -0.25) is 0 Å². The number of hydrogen-bond acceptors (Lipinski definition) is 5. The van der Waals surface area contributed by atoms with Crippen molar-refractivity contribution in [2.24, 2.45) is 0 Å². The van der Waals surface area contributed by atoms with E-state index in [4.69, 9.17) is 14.0 Å². The lowest BCUT2D eigenvalue weighted by Gasteiger charge is -2.32. The molecule has 2 saturated heterocycles. The first-order valence-electron chi connectivity index (χ1n) is 8.44. The Bertz CT molecular complexity index is 541. The molecule has 0 bridgehead atoms. The predicted molar refractivity (Wildman–Crippen MR) is 91.1 cm³/mol. The van der Waals surface area contributed by atoms with E-state index in [1.165, 1.54) is 0 Å². The van der Waals surface area contributed by atoms with Gasteiger partial charge in [0.25, 0.3) is 0 Å². The zero-order valence-corrected chi connectivity index (χ0v) is 14.8. The van der Waals surface area contributed by atoms with Crippen molar-refractivity contribution < 1.29 is 14.0 Å². The number of ether oxygens (including phenoxy) is 1. The largest absolute Gasteiger partial charge is 0.495 e. The highest BCUT2D eigenvalue weighted by atomic mass is 16.7. The third-order valence-corrected chi connectivity index (χ3v) is 5.24. The fourth-order valence-corrected chi connectivity index (χ4v) is 2.89. The minimum absolute atomic E-state index is 0.243. The molecule has 0 aliphatic carbocycles. The second kappa shape index (κ2) is 6.08. The van der Waals surface area contributed by atoms with E-state index < -0.39 is 0 Å². The van der Waals surface area contributed by atoms with E-state index in [0.717, 1.165) is 31.4 Å². The zero-order valence-electron chi connectivity index (χ0n) is 14.8. The van der Waals surface area contributed by atoms with Gasteiger partial charge in [-0.05, 0) is 59.1 Å². The van der Waals surface area contributed by atoms with Gasteiger partial charge >= 0.3 is 7.12 Å². The highest BCUT2D eigenvalue weighted by Crippen LogP contribution is 2.36. The first kappa shape index (κ1) is 16.7. The molecular weight excluding hydrogens is 291 g/mol. The fraction of sp³-hybridized carbons (Fsp3) is 0.706. The molecule has 5 nitrogen and oxygen atoms in total. The Morgan fingerprint density at radius 2 is 1.78 bits per heavy atom. The van der Waals surface area contributed by atoms with Crippen molar-refractivity contribution in [3.63, 3.8) is 0 Å². The average Bonchev–Trinajstić information content (AvgIpc) is 2.70. The normalized spacial score (nSPS) is 24.8. The van der Waals surface area contributed by atoms with Crippen LogP contribution in [0, 0.1) is 0 Å². The molecule has 2 fully saturated rings. The van der Waals surface area contributed by atoms with E-state index in [1.807, 2.05) is 12.1 Å². The van der Waals surface area contributed by atoms with E-state index in [2.05, 4.69) is 44.6 Å². The molecule has 3 rings (SSSR count). The fourth-order valence-electron chi connectivity index (χ4n) is 2.89. The zero-order chi connectivity index (χ0) is 16.7. The molecule has 0 atom stereocenters. The quantitative estimate of drug-likeness (QED) is 0.796. The van der Waals surface area contributed by atoms with Crippen molar-refractivity contribution in [1.29, 1.82) is 0 Å². The Labute approximate surface area is 139 Å². The van der Waals surface area contributed by atoms with Crippen LogP contribution in [0.1, 0.15) is 40.5 Å². The Morgan fingerprint density at radius 3 is 2.39 bits per heavy atom. The number of aromatic nitrogens is 1. The Balaban J connectivity index is 1.69. The van der Waals surface area contributed by atoms with Gasteiger partial charge in [0, 0.05) is 25.4 Å². The van der Waals surface area contributed by atoms with Gasteiger partial charge in [-0.15, -0.1) is 0 Å². The monoisotopic (exact) mass is 318 g/mol. The Hall–Kier alpha value is -1.11. The van der Waals surface area contributed by atoms with E-state index >= 15 is 0 Å². The van der Waals surface area contributed by atoms with Crippen LogP contribution in [0.15, 0.2) is 18.3 Å². The maximum Gasteiger partial charge on any atom is 0.495 e. The summed E-state index contributed by atoms with van der Waals surface area (Å²) in [5.74, 6) is 0.659. The Morgan fingerprint density at radius 1 is 1.17 bits per heavy atom. The number of hydrogen-bond donors (Lipinski definition) is 0. The minimum Gasteiger partial charge on any atom is -0.474 e. The number of piperidine rings is 1. The first-order valence-corrected chi connectivity index (χ1v) is 8.44. The third kappa shape index (κ3) is 3.54. The van der Waals surface area contributed by atoms with Gasteiger partial charge in [-0.2, -0.15) is 0 Å². The number of likely N-dealkylation sites (tertiary alicyclic amines) is 1. The summed E-state index contributed by atoms with van der Waals surface area (Å²) in [7, 11) is 1.77. The van der Waals surface area contributed by atoms with Crippen molar-refractivity contribution in [2.45, 2.75) is 57.8 Å². The summed E-state index contributed by atoms with van der Waals surface area (Å²) in [6.07, 6.45) is 4.09. The molecule has 2 aliphatic heterocycles. The van der Waals surface area contributed by atoms with Crippen LogP contribution in [0.5, 0.6) is 5.88 Å². The standard InChI is InChI=1S/C17H27BN2O3/c1-16(2)17(3,4)23-18(22-16)13-6-9-19-15(12-13)21-14-7-10-20(5)11-8-14/h6,9,12,14H,7-8,10-11H2,1-5H3. The molecule has 0 unspecified atom stereocenters. The van der Waals surface area contributed by atoms with Crippen molar-refractivity contribution in [3.8, 4) is 5.88 Å². The molecule has 126 valence electrons. The average molecular weight is 318 g/mol. The van der Waals surface area contributed by atoms with Crippen LogP contribution in [0.25, 0.3) is 0 Å². The third-order valence-electron chi connectivity index (χ3n) is 5.24. The van der Waals surface area contributed by atoms with Gasteiger partial charge < -0.3 is 18.9 Å². The van der Waals surface area contributed by atoms with Crippen LogP contribution in [-0.2, 0) is 9.31 Å². The lowest BCUT2D eigenvalue weighted by Crippen LogP contribution is -2.41. The lowest BCUT2D eigenvalue weighted by molar-refractivity contribution is 0.00578. The number of rotatable bonds is 3. The van der Waals surface area contributed by atoms with Crippen molar-refractivity contribution in [3.05, 3.63) is 18.3 Å². The maximum absolute atomic E-state index is 6.10. The van der Waals surface area contributed by atoms with Gasteiger partial charge in [0.15, 0.2) is 0 Å². The highest BCUT2D eigenvalue weighted by Gasteiger charge is 2.51. The molecule has 1 aromatic rings. The van der Waals surface area contributed by atoms with Gasteiger partial charge in [-0.1, -0.05) is 0 Å². The molecule has 0 saturated carbocycles. The molecular formula is C17H27BN2O3. The Kier molecular flexibility index (Phi) is 4.42. The van der Waals surface area contributed by atoms with E-state index in [0.29, 0.717) is 5.88 Å². The second-order valence-electron chi connectivity index (χ2n) is 7.64. The molecule has 0 N–H and O–H groups in total. The molecule has 2 aliphatic rings. The van der Waals surface area contributed by atoms with Crippen LogP contribution in [-0.4, -0.2) is 54.4 Å². The maximum atomic E-state index is 6.10. The molecule has 23 heavy (non-hydrogen) atoms. The molecule has 3 heterocycles. The lowest BCUT2D eigenvalue weighted by atomic mass is 9.80. The molecule has 0 aromatic carbocycles. The minimum atomic E-state index is -0.372. The summed E-state index contributed by atoms with van der Waals surface area (Å²) in [6, 6.07) is 3.88. The van der Waals surface area contributed by atoms with Gasteiger partial charge in [0.05, 0.1) is 11.2 Å². The van der Waals surface area contributed by atoms with Crippen molar-refractivity contribution in [1.82, 2.24) is 9.88 Å². The number of nitrogens with zero attached hydrogens (tertiary/aromatic N) is 2. The van der Waals surface area contributed by atoms with Crippen LogP contribution in [0.4, 0.5) is 0 Å². The summed E-state index contributed by atoms with van der Waals surface area (Å²) >= 11 is 0. The van der Waals surface area contributed by atoms with Crippen LogP contribution in [0.2, 0.25) is 0 Å². The van der Waals surface area contributed by atoms with Crippen LogP contribution >= 0.6 is 0 Å². The van der Waals surface area contributed by atoms with Crippen LogP contribution < -0.4 is 10.2 Å². The van der Waals surface area contributed by atoms with Gasteiger partial charge in [0.1, 0.15) is 6.10 Å². The van der Waals surface area contributed by atoms with E-state index in [9.17, 15) is 0 Å². The van der Waals surface area contributed by atoms with E-state index in [1.54, 1.807) is 6.20 Å². The smallest absolute Gasteiger partial charge is 0.474 e. The van der Waals surface area contributed by atoms with Gasteiger partial charge in [0.2, 0.25) is 5.88 Å². The van der Waals surface area contributed by atoms with Crippen LogP contribution in [0.3, 0.4) is 0 Å². The highest BCUT2D eigenvalue weighted by molar-refractivity contribution is 6.62. The number of pyridine rings is 1. The van der Waals surface area contributed by atoms with E-state index in [-0.39, 0.29) is 24.4 Å². The molecule has 0 amide bonds. The van der Waals surface area contributed by atoms with Crippen molar-refractivity contribution in [2.75, 3.05) is 20.1 Å². The van der Waals surface area contributed by atoms with Crippen molar-refractivity contribution >= 4 is 12.6 Å². The summed E-state index contributed by atoms with van der Waals surface area (Å²) in [6.45, 7) is 10.4. The predicted octanol–water partition coefficient (Wildman–Crippen LogP) is 1.85. The second-order valence-corrected chi connectivity index (χ2v) is 7.64. The molecule has 6 heteroatoms. The molecule has 0 spiro atoms. The summed E-state index contributed by atoms with van der Waals surface area (Å²) < 4.78 is 18.3. The topological polar surface area (TPSA) is 43.8 Å². The summed E-state index contributed by atoms with van der Waals surface area (Å²) in [5.41, 5.74) is 0.285. The van der Waals surface area contributed by atoms with Gasteiger partial charge in [-0.25, -0.2) is 4.98 Å². The molecule has 1 aromatic heterocycles. The first-order chi connectivity index (χ1) is 10.8.